The number of ether oxygens (including phenoxy) is 5. The summed E-state index contributed by atoms with van der Waals surface area (Å²) in [6.07, 6.45) is 0. The van der Waals surface area contributed by atoms with Gasteiger partial charge in [0.25, 0.3) is 0 Å². The summed E-state index contributed by atoms with van der Waals surface area (Å²) in [4.78, 5) is 0. The van der Waals surface area contributed by atoms with E-state index in [1.807, 2.05) is 31.2 Å². The Morgan fingerprint density at radius 3 is 1.93 bits per heavy atom. The molecule has 148 valence electrons. The summed E-state index contributed by atoms with van der Waals surface area (Å²) in [5.74, 6) is 1.97. The molecule has 2 rings (SSSR count). The lowest BCUT2D eigenvalue weighted by Crippen LogP contribution is -2.12. The van der Waals surface area contributed by atoms with Gasteiger partial charge in [-0.05, 0) is 49.4 Å². The second-order valence-electron chi connectivity index (χ2n) is 5.64. The van der Waals surface area contributed by atoms with Crippen molar-refractivity contribution in [3.8, 4) is 17.2 Å². The molecule has 2 aromatic carbocycles. The van der Waals surface area contributed by atoms with Gasteiger partial charge in [0.2, 0.25) is 0 Å². The minimum absolute atomic E-state index is 0.462. The van der Waals surface area contributed by atoms with Gasteiger partial charge in [-0.3, -0.25) is 0 Å². The zero-order valence-corrected chi connectivity index (χ0v) is 15.7. The topological polar surface area (TPSA) is 98.2 Å². The van der Waals surface area contributed by atoms with E-state index in [1.54, 1.807) is 18.2 Å². The van der Waals surface area contributed by atoms with E-state index in [4.69, 9.17) is 35.2 Å². The van der Waals surface area contributed by atoms with Crippen LogP contribution in [0.15, 0.2) is 42.5 Å². The molecular weight excluding hydrogens is 348 g/mol. The van der Waals surface area contributed by atoms with Crippen LogP contribution < -0.4 is 20.9 Å². The summed E-state index contributed by atoms with van der Waals surface area (Å²) in [5.41, 5.74) is 12.7. The first-order chi connectivity index (χ1) is 13.2. The Morgan fingerprint density at radius 1 is 0.704 bits per heavy atom. The van der Waals surface area contributed by atoms with Crippen LogP contribution in [0, 0.1) is 0 Å². The van der Waals surface area contributed by atoms with E-state index in [9.17, 15) is 0 Å². The van der Waals surface area contributed by atoms with Gasteiger partial charge in [0.1, 0.15) is 23.9 Å². The summed E-state index contributed by atoms with van der Waals surface area (Å²) in [6.45, 7) is 5.91. The average molecular weight is 376 g/mol. The van der Waals surface area contributed by atoms with Crippen LogP contribution in [0.4, 0.5) is 11.4 Å². The van der Waals surface area contributed by atoms with Crippen molar-refractivity contribution >= 4 is 11.4 Å². The first-order valence-electron chi connectivity index (χ1n) is 8.98. The standard InChI is InChI=1S/C20H28N2O5/c1-2-23-9-10-24-11-12-25-13-14-26-17-4-6-18(7-5-17)27-20-8-3-16(21)15-19(20)22/h3-8,15H,2,9-14,21-22H2,1H3. The van der Waals surface area contributed by atoms with E-state index in [1.165, 1.54) is 0 Å². The Morgan fingerprint density at radius 2 is 1.30 bits per heavy atom. The molecule has 0 aliphatic carbocycles. The van der Waals surface area contributed by atoms with Crippen molar-refractivity contribution < 1.29 is 23.7 Å². The van der Waals surface area contributed by atoms with E-state index >= 15 is 0 Å². The second kappa shape index (κ2) is 12.0. The molecule has 0 atom stereocenters. The predicted molar refractivity (Wildman–Crippen MR) is 105 cm³/mol. The molecule has 7 heteroatoms. The van der Waals surface area contributed by atoms with Crippen LogP contribution in [0.3, 0.4) is 0 Å². The van der Waals surface area contributed by atoms with Crippen LogP contribution in [-0.4, -0.2) is 46.2 Å². The fourth-order valence-electron chi connectivity index (χ4n) is 2.19. The highest BCUT2D eigenvalue weighted by Gasteiger charge is 2.03. The van der Waals surface area contributed by atoms with Crippen molar-refractivity contribution in [2.75, 3.05) is 57.7 Å². The Bertz CT molecular complexity index is 664. The molecule has 0 amide bonds. The molecule has 0 fully saturated rings. The fraction of sp³-hybridized carbons (Fsp3) is 0.400. The number of rotatable bonds is 13. The molecule has 0 saturated carbocycles. The number of benzene rings is 2. The predicted octanol–water partition coefficient (Wildman–Crippen LogP) is 3.09. The SMILES string of the molecule is CCOCCOCCOCCOc1ccc(Oc2ccc(N)cc2N)cc1. The van der Waals surface area contributed by atoms with Crippen LogP contribution in [-0.2, 0) is 14.2 Å². The molecule has 4 N–H and O–H groups in total. The number of anilines is 2. The molecule has 0 radical (unpaired) electrons. The monoisotopic (exact) mass is 376 g/mol. The van der Waals surface area contributed by atoms with Crippen molar-refractivity contribution in [1.29, 1.82) is 0 Å². The first kappa shape index (κ1) is 20.8. The largest absolute Gasteiger partial charge is 0.491 e. The highest BCUT2D eigenvalue weighted by Crippen LogP contribution is 2.29. The maximum Gasteiger partial charge on any atom is 0.150 e. The molecule has 27 heavy (non-hydrogen) atoms. The minimum Gasteiger partial charge on any atom is -0.491 e. The molecule has 0 aliphatic rings. The molecule has 0 spiro atoms. The lowest BCUT2D eigenvalue weighted by atomic mass is 10.2. The lowest BCUT2D eigenvalue weighted by molar-refractivity contribution is 0.0114. The lowest BCUT2D eigenvalue weighted by Gasteiger charge is -2.10. The maximum absolute atomic E-state index is 5.89. The molecule has 0 saturated heterocycles. The molecule has 7 nitrogen and oxygen atoms in total. The summed E-state index contributed by atoms with van der Waals surface area (Å²) in [7, 11) is 0. The fourth-order valence-corrected chi connectivity index (χ4v) is 2.19. The van der Waals surface area contributed by atoms with Crippen molar-refractivity contribution in [2.45, 2.75) is 6.92 Å². The van der Waals surface area contributed by atoms with Gasteiger partial charge in [0, 0.05) is 12.3 Å². The van der Waals surface area contributed by atoms with Crippen LogP contribution in [0.5, 0.6) is 17.2 Å². The molecule has 0 heterocycles. The summed E-state index contributed by atoms with van der Waals surface area (Å²) in [6, 6.07) is 12.5. The molecule has 0 unspecified atom stereocenters. The van der Waals surface area contributed by atoms with E-state index in [0.717, 1.165) is 5.75 Å². The first-order valence-corrected chi connectivity index (χ1v) is 8.98. The number of hydrogen-bond acceptors (Lipinski definition) is 7. The quantitative estimate of drug-likeness (QED) is 0.409. The minimum atomic E-state index is 0.462. The number of nitrogens with two attached hydrogens (primary N) is 2. The van der Waals surface area contributed by atoms with E-state index in [0.29, 0.717) is 69.1 Å². The Kier molecular flexibility index (Phi) is 9.26. The number of hydrogen-bond donors (Lipinski definition) is 2. The van der Waals surface area contributed by atoms with Gasteiger partial charge in [0.15, 0.2) is 0 Å². The van der Waals surface area contributed by atoms with Crippen molar-refractivity contribution in [2.24, 2.45) is 0 Å². The van der Waals surface area contributed by atoms with Crippen LogP contribution in [0.1, 0.15) is 6.92 Å². The maximum atomic E-state index is 5.89. The normalized spacial score (nSPS) is 10.7. The van der Waals surface area contributed by atoms with Gasteiger partial charge in [-0.2, -0.15) is 0 Å². The third-order valence-corrected chi connectivity index (χ3v) is 3.53. The Hall–Kier alpha value is -2.48. The van der Waals surface area contributed by atoms with Gasteiger partial charge in [-0.25, -0.2) is 0 Å². The van der Waals surface area contributed by atoms with Crippen LogP contribution in [0.2, 0.25) is 0 Å². The highest BCUT2D eigenvalue weighted by atomic mass is 16.6. The van der Waals surface area contributed by atoms with E-state index in [-0.39, 0.29) is 0 Å². The average Bonchev–Trinajstić information content (AvgIpc) is 2.67. The van der Waals surface area contributed by atoms with Crippen molar-refractivity contribution in [1.82, 2.24) is 0 Å². The van der Waals surface area contributed by atoms with Crippen molar-refractivity contribution in [3.05, 3.63) is 42.5 Å². The molecular formula is C20H28N2O5. The smallest absolute Gasteiger partial charge is 0.150 e. The van der Waals surface area contributed by atoms with Crippen LogP contribution >= 0.6 is 0 Å². The summed E-state index contributed by atoms with van der Waals surface area (Å²) >= 11 is 0. The Labute approximate surface area is 160 Å². The zero-order chi connectivity index (χ0) is 19.3. The third kappa shape index (κ3) is 8.17. The van der Waals surface area contributed by atoms with Crippen LogP contribution in [0.25, 0.3) is 0 Å². The van der Waals surface area contributed by atoms with Gasteiger partial charge in [-0.1, -0.05) is 0 Å². The van der Waals surface area contributed by atoms with E-state index in [2.05, 4.69) is 0 Å². The molecule has 0 bridgehead atoms. The highest BCUT2D eigenvalue weighted by molar-refractivity contribution is 5.61. The molecule has 0 aromatic heterocycles. The molecule has 2 aromatic rings. The number of nitrogen functional groups attached to an aromatic ring is 2. The Balaban J connectivity index is 1.60. The van der Waals surface area contributed by atoms with Gasteiger partial charge in [-0.15, -0.1) is 0 Å². The summed E-state index contributed by atoms with van der Waals surface area (Å²) < 4.78 is 27.3. The molecule has 0 aliphatic heterocycles. The zero-order valence-electron chi connectivity index (χ0n) is 15.7. The van der Waals surface area contributed by atoms with Gasteiger partial charge in [0.05, 0.1) is 38.7 Å². The van der Waals surface area contributed by atoms with Gasteiger partial charge < -0.3 is 35.2 Å². The third-order valence-electron chi connectivity index (χ3n) is 3.53. The summed E-state index contributed by atoms with van der Waals surface area (Å²) in [5, 5.41) is 0. The van der Waals surface area contributed by atoms with E-state index < -0.39 is 0 Å². The second-order valence-corrected chi connectivity index (χ2v) is 5.64. The van der Waals surface area contributed by atoms with Crippen molar-refractivity contribution in [3.63, 3.8) is 0 Å². The van der Waals surface area contributed by atoms with Gasteiger partial charge >= 0.3 is 0 Å².